The molecule has 8 heteroatoms. The molecule has 0 spiro atoms. The lowest BCUT2D eigenvalue weighted by Crippen LogP contribution is -2.28. The number of nitrogens with one attached hydrogen (secondary N) is 1. The van der Waals surface area contributed by atoms with Gasteiger partial charge in [0, 0.05) is 6.42 Å². The zero-order valence-electron chi connectivity index (χ0n) is 14.1. The van der Waals surface area contributed by atoms with Gasteiger partial charge in [-0.25, -0.2) is 9.99 Å². The van der Waals surface area contributed by atoms with Crippen molar-refractivity contribution in [2.75, 3.05) is 5.75 Å². The molecule has 26 heavy (non-hydrogen) atoms. The Morgan fingerprint density at radius 1 is 1.35 bits per heavy atom. The zero-order chi connectivity index (χ0) is 17.9. The molecule has 0 saturated heterocycles. The lowest BCUT2D eigenvalue weighted by molar-refractivity contribution is -0.130. The van der Waals surface area contributed by atoms with Gasteiger partial charge in [0.1, 0.15) is 18.1 Å². The Morgan fingerprint density at radius 2 is 2.19 bits per heavy atom. The van der Waals surface area contributed by atoms with E-state index in [1.54, 1.807) is 6.26 Å². The zero-order valence-corrected chi connectivity index (χ0v) is 14.9. The number of hydrogen-bond donors (Lipinski definition) is 1. The van der Waals surface area contributed by atoms with Crippen LogP contribution in [0.4, 0.5) is 0 Å². The molecule has 2 aromatic heterocycles. The molecule has 0 aliphatic carbocycles. The average molecular weight is 367 g/mol. The van der Waals surface area contributed by atoms with E-state index in [1.807, 2.05) is 43.3 Å². The number of carbonyl (C=O) groups excluding carboxylic acids is 1. The number of H-pyrrole nitrogens is 1. The standard InChI is InChI=1S/C18H17N5O2S/c1-12-4-6-13(7-5-12)14-9-15(16-3-2-8-25-16)23(22-14)17(24)10-26-18-19-11-20-21-18/h2-8,11,15H,9-10H2,1H3,(H,19,20,21)/t15-/m0/s1. The Morgan fingerprint density at radius 3 is 2.88 bits per heavy atom. The average Bonchev–Trinajstić information content (AvgIpc) is 3.41. The van der Waals surface area contributed by atoms with Crippen LogP contribution in [0.15, 0.2) is 63.7 Å². The van der Waals surface area contributed by atoms with E-state index in [1.165, 1.54) is 28.7 Å². The van der Waals surface area contributed by atoms with Crippen LogP contribution in [-0.2, 0) is 4.79 Å². The van der Waals surface area contributed by atoms with Crippen molar-refractivity contribution in [3.63, 3.8) is 0 Å². The highest BCUT2D eigenvalue weighted by molar-refractivity contribution is 7.99. The van der Waals surface area contributed by atoms with Gasteiger partial charge >= 0.3 is 0 Å². The van der Waals surface area contributed by atoms with Crippen LogP contribution in [0.5, 0.6) is 0 Å². The quantitative estimate of drug-likeness (QED) is 0.700. The SMILES string of the molecule is Cc1ccc(C2=NN(C(=O)CSc3ncn[nH]3)[C@H](c3ccco3)C2)cc1. The highest BCUT2D eigenvalue weighted by Crippen LogP contribution is 2.33. The van der Waals surface area contributed by atoms with Crippen LogP contribution in [0.2, 0.25) is 0 Å². The van der Waals surface area contributed by atoms with Crippen molar-refractivity contribution in [2.45, 2.75) is 24.5 Å². The smallest absolute Gasteiger partial charge is 0.253 e. The fraction of sp³-hybridized carbons (Fsp3) is 0.222. The number of hydrogen-bond acceptors (Lipinski definition) is 6. The number of furan rings is 1. The van der Waals surface area contributed by atoms with Gasteiger partial charge in [-0.1, -0.05) is 41.6 Å². The summed E-state index contributed by atoms with van der Waals surface area (Å²) in [5.74, 6) is 0.848. The normalized spacial score (nSPS) is 16.7. The number of aromatic nitrogens is 3. The minimum absolute atomic E-state index is 0.102. The molecular formula is C18H17N5O2S. The van der Waals surface area contributed by atoms with Crippen LogP contribution in [0, 0.1) is 6.92 Å². The maximum atomic E-state index is 12.8. The Labute approximate surface area is 154 Å². The van der Waals surface area contributed by atoms with Crippen molar-refractivity contribution in [3.05, 3.63) is 65.9 Å². The van der Waals surface area contributed by atoms with Gasteiger partial charge in [0.15, 0.2) is 5.16 Å². The number of rotatable bonds is 5. The number of carbonyl (C=O) groups is 1. The molecule has 0 radical (unpaired) electrons. The fourth-order valence-electron chi connectivity index (χ4n) is 2.82. The maximum absolute atomic E-state index is 12.8. The van der Waals surface area contributed by atoms with Gasteiger partial charge in [-0.05, 0) is 24.6 Å². The van der Waals surface area contributed by atoms with Crippen molar-refractivity contribution in [1.29, 1.82) is 0 Å². The summed E-state index contributed by atoms with van der Waals surface area (Å²) >= 11 is 1.30. The minimum Gasteiger partial charge on any atom is -0.467 e. The monoisotopic (exact) mass is 367 g/mol. The molecule has 0 saturated carbocycles. The summed E-state index contributed by atoms with van der Waals surface area (Å²) in [7, 11) is 0. The van der Waals surface area contributed by atoms with Crippen molar-refractivity contribution in [3.8, 4) is 0 Å². The molecule has 0 fully saturated rings. The first-order chi connectivity index (χ1) is 12.7. The van der Waals surface area contributed by atoms with E-state index in [2.05, 4.69) is 20.3 Å². The van der Waals surface area contributed by atoms with Gasteiger partial charge in [-0.2, -0.15) is 10.2 Å². The summed E-state index contributed by atoms with van der Waals surface area (Å²) in [6, 6.07) is 11.6. The van der Waals surface area contributed by atoms with E-state index in [0.717, 1.165) is 17.0 Å². The Balaban J connectivity index is 1.57. The number of hydrazone groups is 1. The summed E-state index contributed by atoms with van der Waals surface area (Å²) < 4.78 is 5.55. The first kappa shape index (κ1) is 16.6. The lowest BCUT2D eigenvalue weighted by Gasteiger charge is -2.19. The Bertz CT molecular complexity index is 904. The molecular weight excluding hydrogens is 350 g/mol. The summed E-state index contributed by atoms with van der Waals surface area (Å²) in [4.78, 5) is 16.8. The minimum atomic E-state index is -0.232. The van der Waals surface area contributed by atoms with E-state index >= 15 is 0 Å². The highest BCUT2D eigenvalue weighted by atomic mass is 32.2. The van der Waals surface area contributed by atoms with E-state index in [4.69, 9.17) is 4.42 Å². The fourth-order valence-corrected chi connectivity index (χ4v) is 3.45. The molecule has 1 aliphatic heterocycles. The van der Waals surface area contributed by atoms with Crippen LogP contribution in [0.1, 0.15) is 29.3 Å². The Hall–Kier alpha value is -2.87. The van der Waals surface area contributed by atoms with Crippen LogP contribution in [-0.4, -0.2) is 37.6 Å². The van der Waals surface area contributed by atoms with Crippen molar-refractivity contribution in [2.24, 2.45) is 5.10 Å². The highest BCUT2D eigenvalue weighted by Gasteiger charge is 2.34. The summed E-state index contributed by atoms with van der Waals surface area (Å²) in [5, 5.41) is 13.3. The number of aromatic amines is 1. The van der Waals surface area contributed by atoms with Crippen LogP contribution < -0.4 is 0 Å². The van der Waals surface area contributed by atoms with Gasteiger partial charge in [0.25, 0.3) is 5.91 Å². The van der Waals surface area contributed by atoms with Crippen LogP contribution in [0.25, 0.3) is 0 Å². The third kappa shape index (κ3) is 3.41. The first-order valence-electron chi connectivity index (χ1n) is 8.19. The van der Waals surface area contributed by atoms with E-state index in [9.17, 15) is 4.79 Å². The summed E-state index contributed by atoms with van der Waals surface area (Å²) in [6.07, 6.45) is 3.66. The second kappa shape index (κ2) is 7.17. The van der Waals surface area contributed by atoms with E-state index < -0.39 is 0 Å². The molecule has 1 amide bonds. The largest absolute Gasteiger partial charge is 0.467 e. The maximum Gasteiger partial charge on any atom is 0.253 e. The molecule has 132 valence electrons. The molecule has 1 aliphatic rings. The summed E-state index contributed by atoms with van der Waals surface area (Å²) in [6.45, 7) is 2.04. The van der Waals surface area contributed by atoms with Gasteiger partial charge in [0.2, 0.25) is 0 Å². The molecule has 3 heterocycles. The number of amides is 1. The molecule has 0 bridgehead atoms. The second-order valence-electron chi connectivity index (χ2n) is 5.97. The number of thioether (sulfide) groups is 1. The molecule has 3 aromatic rings. The van der Waals surface area contributed by atoms with E-state index in [-0.39, 0.29) is 17.7 Å². The third-order valence-corrected chi connectivity index (χ3v) is 5.01. The lowest BCUT2D eigenvalue weighted by atomic mass is 10.0. The van der Waals surface area contributed by atoms with Crippen molar-refractivity contribution >= 4 is 23.4 Å². The van der Waals surface area contributed by atoms with Crippen molar-refractivity contribution < 1.29 is 9.21 Å². The Kier molecular flexibility index (Phi) is 4.57. The number of benzene rings is 1. The molecule has 1 N–H and O–H groups in total. The molecule has 1 atom stereocenters. The molecule has 4 rings (SSSR count). The van der Waals surface area contributed by atoms with E-state index in [0.29, 0.717) is 11.6 Å². The molecule has 0 unspecified atom stereocenters. The second-order valence-corrected chi connectivity index (χ2v) is 6.93. The van der Waals surface area contributed by atoms with Gasteiger partial charge < -0.3 is 4.42 Å². The van der Waals surface area contributed by atoms with Gasteiger partial charge in [-0.3, -0.25) is 9.89 Å². The predicted molar refractivity (Wildman–Crippen MR) is 97.7 cm³/mol. The number of nitrogens with zero attached hydrogens (tertiary/aromatic N) is 4. The summed E-state index contributed by atoms with van der Waals surface area (Å²) in [5.41, 5.74) is 3.08. The third-order valence-electron chi connectivity index (χ3n) is 4.15. The van der Waals surface area contributed by atoms with Crippen LogP contribution >= 0.6 is 11.8 Å². The molecule has 7 nitrogen and oxygen atoms in total. The van der Waals surface area contributed by atoms with Gasteiger partial charge in [0.05, 0.1) is 17.7 Å². The van der Waals surface area contributed by atoms with Gasteiger partial charge in [-0.15, -0.1) is 0 Å². The predicted octanol–water partition coefficient (Wildman–Crippen LogP) is 3.18. The van der Waals surface area contributed by atoms with Crippen molar-refractivity contribution in [1.82, 2.24) is 20.2 Å². The number of aryl methyl sites for hydroxylation is 1. The first-order valence-corrected chi connectivity index (χ1v) is 9.17. The molecule has 1 aromatic carbocycles. The van der Waals surface area contributed by atoms with Crippen LogP contribution in [0.3, 0.4) is 0 Å². The topological polar surface area (TPSA) is 87.4 Å².